The molecule has 20 heavy (non-hydrogen) atoms. The summed E-state index contributed by atoms with van der Waals surface area (Å²) in [6.07, 6.45) is 9.22. The van der Waals surface area contributed by atoms with E-state index in [4.69, 9.17) is 5.73 Å². The van der Waals surface area contributed by atoms with E-state index in [1.54, 1.807) is 0 Å². The van der Waals surface area contributed by atoms with Crippen LogP contribution in [0.3, 0.4) is 0 Å². The predicted molar refractivity (Wildman–Crippen MR) is 82.5 cm³/mol. The van der Waals surface area contributed by atoms with Crippen molar-refractivity contribution >= 4 is 5.91 Å². The molecule has 1 aliphatic carbocycles. The van der Waals surface area contributed by atoms with E-state index in [1.807, 2.05) is 24.3 Å². The van der Waals surface area contributed by atoms with Crippen LogP contribution in [0.2, 0.25) is 0 Å². The highest BCUT2D eigenvalue weighted by Gasteiger charge is 2.13. The maximum Gasteiger partial charge on any atom is 0.251 e. The van der Waals surface area contributed by atoms with Gasteiger partial charge >= 0.3 is 0 Å². The lowest BCUT2D eigenvalue weighted by molar-refractivity contribution is 0.0944. The van der Waals surface area contributed by atoms with Gasteiger partial charge in [0, 0.05) is 18.7 Å². The van der Waals surface area contributed by atoms with Gasteiger partial charge in [0.15, 0.2) is 0 Å². The molecule has 0 unspecified atom stereocenters. The molecule has 1 saturated carbocycles. The van der Waals surface area contributed by atoms with Crippen molar-refractivity contribution in [3.8, 4) is 0 Å². The van der Waals surface area contributed by atoms with E-state index in [-0.39, 0.29) is 5.91 Å². The lowest BCUT2D eigenvalue weighted by atomic mass is 9.91. The van der Waals surface area contributed by atoms with E-state index < -0.39 is 0 Å². The molecule has 1 amide bonds. The summed E-state index contributed by atoms with van der Waals surface area (Å²) in [5.74, 6) is 0.693. The van der Waals surface area contributed by atoms with Crippen molar-refractivity contribution in [1.29, 1.82) is 0 Å². The molecule has 3 N–H and O–H groups in total. The van der Waals surface area contributed by atoms with Crippen molar-refractivity contribution < 1.29 is 4.79 Å². The second-order valence-corrected chi connectivity index (χ2v) is 5.82. The van der Waals surface area contributed by atoms with Crippen LogP contribution in [0, 0.1) is 5.92 Å². The van der Waals surface area contributed by atoms with Crippen molar-refractivity contribution in [2.75, 3.05) is 6.54 Å². The summed E-state index contributed by atoms with van der Waals surface area (Å²) in [5, 5.41) is 3.08. The number of benzene rings is 1. The van der Waals surface area contributed by atoms with E-state index in [0.29, 0.717) is 12.5 Å². The van der Waals surface area contributed by atoms with Crippen molar-refractivity contribution in [2.45, 2.75) is 51.5 Å². The SMILES string of the molecule is NCc1ccc(C(=O)NCC2CCCCCCC2)cc1. The highest BCUT2D eigenvalue weighted by atomic mass is 16.1. The first-order valence-corrected chi connectivity index (χ1v) is 7.87. The number of carbonyl (C=O) groups excluding carboxylic acids is 1. The van der Waals surface area contributed by atoms with E-state index >= 15 is 0 Å². The fraction of sp³-hybridized carbons (Fsp3) is 0.588. The number of nitrogens with one attached hydrogen (secondary N) is 1. The molecule has 1 aromatic rings. The fourth-order valence-electron chi connectivity index (χ4n) is 2.88. The molecule has 0 atom stereocenters. The average Bonchev–Trinajstić information content (AvgIpc) is 2.46. The number of amides is 1. The van der Waals surface area contributed by atoms with Gasteiger partial charge in [-0.1, -0.05) is 44.2 Å². The third-order valence-corrected chi connectivity index (χ3v) is 4.23. The minimum Gasteiger partial charge on any atom is -0.352 e. The standard InChI is InChI=1S/C17H26N2O/c18-12-14-8-10-16(11-9-14)17(20)19-13-15-6-4-2-1-3-5-7-15/h8-11,15H,1-7,12-13,18H2,(H,19,20). The van der Waals surface area contributed by atoms with Crippen LogP contribution in [0.1, 0.15) is 60.9 Å². The molecule has 1 aliphatic rings. The van der Waals surface area contributed by atoms with Crippen LogP contribution in [0.4, 0.5) is 0 Å². The van der Waals surface area contributed by atoms with Gasteiger partial charge in [-0.3, -0.25) is 4.79 Å². The van der Waals surface area contributed by atoms with Gasteiger partial charge in [0.05, 0.1) is 0 Å². The summed E-state index contributed by atoms with van der Waals surface area (Å²) in [4.78, 5) is 12.1. The topological polar surface area (TPSA) is 55.1 Å². The molecular weight excluding hydrogens is 248 g/mol. The summed E-state index contributed by atoms with van der Waals surface area (Å²) in [5.41, 5.74) is 7.35. The molecule has 0 heterocycles. The van der Waals surface area contributed by atoms with Gasteiger partial charge in [-0.15, -0.1) is 0 Å². The van der Waals surface area contributed by atoms with Gasteiger partial charge < -0.3 is 11.1 Å². The molecule has 0 saturated heterocycles. The van der Waals surface area contributed by atoms with Gasteiger partial charge in [0.1, 0.15) is 0 Å². The van der Waals surface area contributed by atoms with Gasteiger partial charge in [-0.05, 0) is 36.5 Å². The minimum atomic E-state index is 0.0376. The molecule has 0 radical (unpaired) electrons. The maximum absolute atomic E-state index is 12.1. The van der Waals surface area contributed by atoms with E-state index in [2.05, 4.69) is 5.32 Å². The van der Waals surface area contributed by atoms with Crippen LogP contribution in [0.5, 0.6) is 0 Å². The largest absolute Gasteiger partial charge is 0.352 e. The van der Waals surface area contributed by atoms with Crippen LogP contribution in [0.15, 0.2) is 24.3 Å². The van der Waals surface area contributed by atoms with Gasteiger partial charge in [-0.25, -0.2) is 0 Å². The Hall–Kier alpha value is -1.35. The average molecular weight is 274 g/mol. The molecule has 3 nitrogen and oxygen atoms in total. The normalized spacial score (nSPS) is 17.2. The Morgan fingerprint density at radius 2 is 1.65 bits per heavy atom. The number of nitrogens with two attached hydrogens (primary N) is 1. The third kappa shape index (κ3) is 4.64. The molecule has 110 valence electrons. The molecule has 3 heteroatoms. The summed E-state index contributed by atoms with van der Waals surface area (Å²) >= 11 is 0. The van der Waals surface area contributed by atoms with E-state index in [9.17, 15) is 4.79 Å². The second-order valence-electron chi connectivity index (χ2n) is 5.82. The highest BCUT2D eigenvalue weighted by molar-refractivity contribution is 5.94. The van der Waals surface area contributed by atoms with Crippen LogP contribution in [-0.4, -0.2) is 12.5 Å². The summed E-state index contributed by atoms with van der Waals surface area (Å²) < 4.78 is 0. The molecule has 0 aliphatic heterocycles. The number of hydrogen-bond donors (Lipinski definition) is 2. The Bertz CT molecular complexity index is 406. The van der Waals surface area contributed by atoms with Crippen LogP contribution >= 0.6 is 0 Å². The maximum atomic E-state index is 12.1. The van der Waals surface area contributed by atoms with E-state index in [1.165, 1.54) is 44.9 Å². The predicted octanol–water partition coefficient (Wildman–Crippen LogP) is 3.24. The lowest BCUT2D eigenvalue weighted by Gasteiger charge is -2.20. The van der Waals surface area contributed by atoms with Crippen molar-refractivity contribution in [3.05, 3.63) is 35.4 Å². The summed E-state index contributed by atoms with van der Waals surface area (Å²) in [6, 6.07) is 7.56. The summed E-state index contributed by atoms with van der Waals surface area (Å²) in [6.45, 7) is 1.33. The third-order valence-electron chi connectivity index (χ3n) is 4.23. The fourth-order valence-corrected chi connectivity index (χ4v) is 2.88. The van der Waals surface area contributed by atoms with Crippen LogP contribution in [-0.2, 0) is 6.54 Å². The van der Waals surface area contributed by atoms with Gasteiger partial charge in [0.25, 0.3) is 5.91 Å². The zero-order valence-electron chi connectivity index (χ0n) is 12.2. The Kier molecular flexibility index (Phi) is 6.06. The van der Waals surface area contributed by atoms with Crippen LogP contribution in [0.25, 0.3) is 0 Å². The second kappa shape index (κ2) is 8.05. The van der Waals surface area contributed by atoms with Gasteiger partial charge in [-0.2, -0.15) is 0 Å². The minimum absolute atomic E-state index is 0.0376. The lowest BCUT2D eigenvalue weighted by Crippen LogP contribution is -2.29. The molecule has 2 rings (SSSR count). The highest BCUT2D eigenvalue weighted by Crippen LogP contribution is 2.21. The van der Waals surface area contributed by atoms with Crippen LogP contribution < -0.4 is 11.1 Å². The number of hydrogen-bond acceptors (Lipinski definition) is 2. The quantitative estimate of drug-likeness (QED) is 0.885. The summed E-state index contributed by atoms with van der Waals surface area (Å²) in [7, 11) is 0. The Labute approximate surface area is 121 Å². The molecule has 0 spiro atoms. The Balaban J connectivity index is 1.80. The zero-order valence-corrected chi connectivity index (χ0v) is 12.2. The number of rotatable bonds is 4. The van der Waals surface area contributed by atoms with Gasteiger partial charge in [0.2, 0.25) is 0 Å². The Morgan fingerprint density at radius 3 is 2.25 bits per heavy atom. The van der Waals surface area contributed by atoms with Crippen molar-refractivity contribution in [2.24, 2.45) is 11.7 Å². The molecule has 1 fully saturated rings. The van der Waals surface area contributed by atoms with E-state index in [0.717, 1.165) is 17.7 Å². The first-order valence-electron chi connectivity index (χ1n) is 7.87. The zero-order chi connectivity index (χ0) is 14.2. The monoisotopic (exact) mass is 274 g/mol. The smallest absolute Gasteiger partial charge is 0.251 e. The molecule has 1 aromatic carbocycles. The molecule has 0 aromatic heterocycles. The first kappa shape index (κ1) is 15.0. The molecular formula is C17H26N2O. The van der Waals surface area contributed by atoms with Crippen molar-refractivity contribution in [1.82, 2.24) is 5.32 Å². The number of carbonyl (C=O) groups is 1. The Morgan fingerprint density at radius 1 is 1.05 bits per heavy atom. The van der Waals surface area contributed by atoms with Crippen molar-refractivity contribution in [3.63, 3.8) is 0 Å². The first-order chi connectivity index (χ1) is 9.79. The molecule has 0 bridgehead atoms.